The van der Waals surface area contributed by atoms with E-state index in [0.717, 1.165) is 78.0 Å². The van der Waals surface area contributed by atoms with Crippen molar-refractivity contribution in [1.29, 1.82) is 0 Å². The Bertz CT molecular complexity index is 726. The van der Waals surface area contributed by atoms with Gasteiger partial charge in [0.1, 0.15) is 0 Å². The number of H-pyrrole nitrogens is 1. The molecule has 1 aromatic carbocycles. The number of aromatic nitrogens is 2. The van der Waals surface area contributed by atoms with E-state index in [0.29, 0.717) is 0 Å². The zero-order valence-corrected chi connectivity index (χ0v) is 16.7. The van der Waals surface area contributed by atoms with Gasteiger partial charge in [0.05, 0.1) is 21.7 Å². The Morgan fingerprint density at radius 2 is 2.04 bits per heavy atom. The molecular weight excluding hydrogens is 368 g/mol. The Labute approximate surface area is 164 Å². The van der Waals surface area contributed by atoms with Crippen LogP contribution >= 0.6 is 23.4 Å². The Hall–Kier alpha value is -0.950. The van der Waals surface area contributed by atoms with Crippen molar-refractivity contribution in [1.82, 2.24) is 15.3 Å². The third-order valence-electron chi connectivity index (χ3n) is 5.32. The number of fused-ring (bicyclic) bond motifs is 1. The molecule has 2 aliphatic rings. The van der Waals surface area contributed by atoms with Crippen molar-refractivity contribution in [2.75, 3.05) is 50.0 Å². The van der Waals surface area contributed by atoms with Crippen molar-refractivity contribution in [3.05, 3.63) is 17.2 Å². The second-order valence-electron chi connectivity index (χ2n) is 7.15. The first-order valence-electron chi connectivity index (χ1n) is 9.65. The van der Waals surface area contributed by atoms with E-state index in [1.54, 1.807) is 0 Å². The fourth-order valence-electron chi connectivity index (χ4n) is 3.79. The molecule has 0 unspecified atom stereocenters. The van der Waals surface area contributed by atoms with Crippen molar-refractivity contribution in [3.63, 3.8) is 0 Å². The molecule has 2 aliphatic heterocycles. The lowest BCUT2D eigenvalue weighted by Crippen LogP contribution is -2.43. The molecule has 0 radical (unpaired) electrons. The molecular formula is C19H27ClN4OS. The van der Waals surface area contributed by atoms with Crippen molar-refractivity contribution >= 4 is 40.1 Å². The third-order valence-corrected chi connectivity index (χ3v) is 6.59. The highest BCUT2D eigenvalue weighted by Crippen LogP contribution is 2.32. The zero-order valence-electron chi connectivity index (χ0n) is 15.1. The number of nitrogens with zero attached hydrogens (tertiary/aromatic N) is 2. The summed E-state index contributed by atoms with van der Waals surface area (Å²) in [5.74, 6) is 1.95. The number of hydrogen-bond donors (Lipinski definition) is 2. The summed E-state index contributed by atoms with van der Waals surface area (Å²) in [7, 11) is 0. The number of ether oxygens (including phenoxy) is 1. The standard InChI is InChI=1S/C19H27ClN4OS/c20-15-12-16-17(13-18(15)24-7-5-21-6-8-24)23-19(22-16)26-11-1-2-14-3-9-25-10-4-14/h12-14,21H,1-11H2,(H,22,23). The third kappa shape index (κ3) is 4.47. The van der Waals surface area contributed by atoms with Crippen LogP contribution in [-0.4, -0.2) is 55.1 Å². The summed E-state index contributed by atoms with van der Waals surface area (Å²) in [6, 6.07) is 4.15. The second kappa shape index (κ2) is 8.83. The Morgan fingerprint density at radius 3 is 2.85 bits per heavy atom. The van der Waals surface area contributed by atoms with E-state index in [9.17, 15) is 0 Å². The van der Waals surface area contributed by atoms with Gasteiger partial charge in [0.15, 0.2) is 5.16 Å². The molecule has 26 heavy (non-hydrogen) atoms. The van der Waals surface area contributed by atoms with Gasteiger partial charge in [0.25, 0.3) is 0 Å². The first-order chi connectivity index (χ1) is 12.8. The maximum Gasteiger partial charge on any atom is 0.166 e. The van der Waals surface area contributed by atoms with E-state index in [1.165, 1.54) is 25.7 Å². The van der Waals surface area contributed by atoms with Crippen molar-refractivity contribution in [2.24, 2.45) is 5.92 Å². The molecule has 3 heterocycles. The number of halogens is 1. The molecule has 0 saturated carbocycles. The molecule has 0 amide bonds. The van der Waals surface area contributed by atoms with Gasteiger partial charge in [0.2, 0.25) is 0 Å². The monoisotopic (exact) mass is 394 g/mol. The van der Waals surface area contributed by atoms with E-state index in [-0.39, 0.29) is 0 Å². The molecule has 7 heteroatoms. The smallest absolute Gasteiger partial charge is 0.166 e. The maximum atomic E-state index is 6.53. The largest absolute Gasteiger partial charge is 0.381 e. The zero-order chi connectivity index (χ0) is 17.8. The van der Waals surface area contributed by atoms with E-state index in [2.05, 4.69) is 21.3 Å². The normalized spacial score (nSPS) is 19.3. The van der Waals surface area contributed by atoms with Gasteiger partial charge in [-0.15, -0.1) is 0 Å². The fourth-order valence-corrected chi connectivity index (χ4v) is 4.92. The van der Waals surface area contributed by atoms with Crippen LogP contribution in [0, 0.1) is 5.92 Å². The molecule has 0 atom stereocenters. The van der Waals surface area contributed by atoms with E-state index >= 15 is 0 Å². The topological polar surface area (TPSA) is 53.2 Å². The molecule has 2 saturated heterocycles. The summed E-state index contributed by atoms with van der Waals surface area (Å²) in [5, 5.41) is 5.19. The van der Waals surface area contributed by atoms with Gasteiger partial charge in [-0.05, 0) is 43.7 Å². The van der Waals surface area contributed by atoms with Gasteiger partial charge in [-0.2, -0.15) is 0 Å². The number of benzene rings is 1. The molecule has 4 rings (SSSR count). The molecule has 1 aromatic heterocycles. The van der Waals surface area contributed by atoms with Gasteiger partial charge in [-0.25, -0.2) is 4.98 Å². The van der Waals surface area contributed by atoms with Crippen LogP contribution < -0.4 is 10.2 Å². The summed E-state index contributed by atoms with van der Waals surface area (Å²) >= 11 is 8.35. The minimum Gasteiger partial charge on any atom is -0.381 e. The maximum absolute atomic E-state index is 6.53. The molecule has 0 spiro atoms. The van der Waals surface area contributed by atoms with Crippen LogP contribution in [0.5, 0.6) is 0 Å². The molecule has 0 aliphatic carbocycles. The highest BCUT2D eigenvalue weighted by molar-refractivity contribution is 7.99. The Morgan fingerprint density at radius 1 is 1.23 bits per heavy atom. The number of nitrogens with one attached hydrogen (secondary N) is 2. The van der Waals surface area contributed by atoms with Gasteiger partial charge in [-0.3, -0.25) is 0 Å². The average molecular weight is 395 g/mol. The summed E-state index contributed by atoms with van der Waals surface area (Å²) in [5.41, 5.74) is 3.14. The summed E-state index contributed by atoms with van der Waals surface area (Å²) in [6.45, 7) is 5.87. The summed E-state index contributed by atoms with van der Waals surface area (Å²) in [4.78, 5) is 10.5. The Kier molecular flexibility index (Phi) is 6.25. The number of thioether (sulfide) groups is 1. The van der Waals surface area contributed by atoms with Crippen LogP contribution in [0.1, 0.15) is 25.7 Å². The van der Waals surface area contributed by atoms with Gasteiger partial charge >= 0.3 is 0 Å². The van der Waals surface area contributed by atoms with Crippen LogP contribution in [0.4, 0.5) is 5.69 Å². The average Bonchev–Trinajstić information content (AvgIpc) is 3.07. The van der Waals surface area contributed by atoms with Gasteiger partial charge in [0, 0.05) is 45.1 Å². The summed E-state index contributed by atoms with van der Waals surface area (Å²) < 4.78 is 5.43. The molecule has 5 nitrogen and oxygen atoms in total. The highest BCUT2D eigenvalue weighted by atomic mass is 35.5. The Balaban J connectivity index is 1.36. The lowest BCUT2D eigenvalue weighted by molar-refractivity contribution is 0.0638. The molecule has 142 valence electrons. The van der Waals surface area contributed by atoms with Crippen LogP contribution in [0.15, 0.2) is 17.3 Å². The molecule has 2 N–H and O–H groups in total. The van der Waals surface area contributed by atoms with Crippen LogP contribution in [0.2, 0.25) is 5.02 Å². The number of anilines is 1. The van der Waals surface area contributed by atoms with Gasteiger partial charge in [-0.1, -0.05) is 23.4 Å². The lowest BCUT2D eigenvalue weighted by atomic mass is 9.95. The first-order valence-corrected chi connectivity index (χ1v) is 11.0. The minimum atomic E-state index is 0.805. The molecule has 0 bridgehead atoms. The number of aromatic amines is 1. The number of piperazine rings is 1. The SMILES string of the molecule is Clc1cc2[nH]c(SCCCC3CCOCC3)nc2cc1N1CCNCC1. The number of rotatable bonds is 6. The second-order valence-corrected chi connectivity index (χ2v) is 8.64. The van der Waals surface area contributed by atoms with Crippen molar-refractivity contribution in [3.8, 4) is 0 Å². The van der Waals surface area contributed by atoms with Crippen molar-refractivity contribution < 1.29 is 4.74 Å². The van der Waals surface area contributed by atoms with Crippen LogP contribution in [0.25, 0.3) is 11.0 Å². The van der Waals surface area contributed by atoms with Crippen LogP contribution in [-0.2, 0) is 4.74 Å². The lowest BCUT2D eigenvalue weighted by Gasteiger charge is -2.30. The summed E-state index contributed by atoms with van der Waals surface area (Å²) in [6.07, 6.45) is 4.99. The molecule has 2 aromatic rings. The first kappa shape index (κ1) is 18.4. The molecule has 2 fully saturated rings. The predicted molar refractivity (Wildman–Crippen MR) is 110 cm³/mol. The number of hydrogen-bond acceptors (Lipinski definition) is 5. The van der Waals surface area contributed by atoms with E-state index < -0.39 is 0 Å². The predicted octanol–water partition coefficient (Wildman–Crippen LogP) is 3.92. The van der Waals surface area contributed by atoms with Gasteiger partial charge < -0.3 is 19.9 Å². The minimum absolute atomic E-state index is 0.805. The highest BCUT2D eigenvalue weighted by Gasteiger charge is 2.16. The number of imidazole rings is 1. The van der Waals surface area contributed by atoms with Crippen molar-refractivity contribution in [2.45, 2.75) is 30.8 Å². The van der Waals surface area contributed by atoms with Crippen LogP contribution in [0.3, 0.4) is 0 Å². The van der Waals surface area contributed by atoms with E-state index in [4.69, 9.17) is 21.3 Å². The van der Waals surface area contributed by atoms with E-state index in [1.807, 2.05) is 17.8 Å². The quantitative estimate of drug-likeness (QED) is 0.574. The fraction of sp³-hybridized carbons (Fsp3) is 0.632.